The molecule has 0 fully saturated rings. The van der Waals surface area contributed by atoms with E-state index in [2.05, 4.69) is 20.4 Å². The molecular weight excluding hydrogens is 405 g/mol. The van der Waals surface area contributed by atoms with E-state index in [4.69, 9.17) is 10.00 Å². The summed E-state index contributed by atoms with van der Waals surface area (Å²) >= 11 is 0. The maximum atomic E-state index is 13.2. The molecule has 0 spiro atoms. The molecule has 2 aromatic rings. The van der Waals surface area contributed by atoms with E-state index in [0.29, 0.717) is 6.07 Å². The third kappa shape index (κ3) is 5.68. The molecule has 0 aliphatic heterocycles. The predicted molar refractivity (Wildman–Crippen MR) is 98.7 cm³/mol. The Kier molecular flexibility index (Phi) is 6.63. The molecule has 0 radical (unpaired) electrons. The molecule has 158 valence electrons. The van der Waals surface area contributed by atoms with Gasteiger partial charge in [0, 0.05) is 6.07 Å². The number of halogens is 3. The second kappa shape index (κ2) is 8.79. The Morgan fingerprint density at radius 1 is 1.17 bits per heavy atom. The number of ether oxygens (including phenoxy) is 2. The number of alkyl halides is 3. The zero-order chi connectivity index (χ0) is 22.5. The van der Waals surface area contributed by atoms with Crippen LogP contribution in [0.25, 0.3) is 0 Å². The number of carbonyl (C=O) groups excluding carboxylic acids is 2. The molecule has 1 aromatic carbocycles. The molecule has 1 aromatic heterocycles. The maximum absolute atomic E-state index is 13.2. The second-order valence-electron chi connectivity index (χ2n) is 6.48. The van der Waals surface area contributed by atoms with Crippen LogP contribution in [0.3, 0.4) is 0 Å². The summed E-state index contributed by atoms with van der Waals surface area (Å²) in [5.41, 5.74) is -2.25. The number of nitriles is 1. The molecule has 0 saturated carbocycles. The van der Waals surface area contributed by atoms with Gasteiger partial charge in [-0.1, -0.05) is 0 Å². The number of rotatable bonds is 5. The number of aromatic nitrogens is 1. The number of anilines is 1. The molecule has 8 nitrogen and oxygen atoms in total. The van der Waals surface area contributed by atoms with Gasteiger partial charge in [-0.2, -0.15) is 18.4 Å². The molecule has 2 N–H and O–H groups in total. The number of carbonyl (C=O) groups is 2. The average molecular weight is 422 g/mol. The second-order valence-corrected chi connectivity index (χ2v) is 6.48. The number of benzene rings is 1. The third-order valence-corrected chi connectivity index (χ3v) is 3.93. The predicted octanol–water partition coefficient (Wildman–Crippen LogP) is 3.84. The molecule has 0 unspecified atom stereocenters. The van der Waals surface area contributed by atoms with Crippen molar-refractivity contribution in [3.63, 3.8) is 0 Å². The molecule has 0 bridgehead atoms. The van der Waals surface area contributed by atoms with Crippen LogP contribution in [0.15, 0.2) is 36.5 Å². The summed E-state index contributed by atoms with van der Waals surface area (Å²) < 4.78 is 49.4. The van der Waals surface area contributed by atoms with Gasteiger partial charge in [0.05, 0.1) is 29.1 Å². The van der Waals surface area contributed by atoms with Gasteiger partial charge in [0.15, 0.2) is 0 Å². The van der Waals surface area contributed by atoms with Crippen LogP contribution in [-0.4, -0.2) is 29.6 Å². The fourth-order valence-corrected chi connectivity index (χ4v) is 1.99. The highest BCUT2D eigenvalue weighted by Crippen LogP contribution is 2.38. The van der Waals surface area contributed by atoms with Crippen molar-refractivity contribution in [2.24, 2.45) is 0 Å². The number of nitrogens with one attached hydrogen (secondary N) is 2. The Balaban J connectivity index is 2.10. The van der Waals surface area contributed by atoms with Crippen molar-refractivity contribution in [3.05, 3.63) is 47.7 Å². The van der Waals surface area contributed by atoms with Crippen molar-refractivity contribution in [3.8, 4) is 17.7 Å². The minimum absolute atomic E-state index is 0.123. The summed E-state index contributed by atoms with van der Waals surface area (Å²) in [4.78, 5) is 27.4. The van der Waals surface area contributed by atoms with Gasteiger partial charge in [0.2, 0.25) is 5.88 Å². The minimum Gasteiger partial charge on any atom is -0.438 e. The van der Waals surface area contributed by atoms with Crippen LogP contribution in [0.5, 0.6) is 11.6 Å². The van der Waals surface area contributed by atoms with Gasteiger partial charge in [-0.15, -0.1) is 0 Å². The first-order chi connectivity index (χ1) is 14.0. The van der Waals surface area contributed by atoms with E-state index in [1.807, 2.05) is 0 Å². The molecule has 2 rings (SSSR count). The van der Waals surface area contributed by atoms with Crippen LogP contribution in [0.2, 0.25) is 0 Å². The van der Waals surface area contributed by atoms with E-state index in [9.17, 15) is 22.8 Å². The van der Waals surface area contributed by atoms with Crippen molar-refractivity contribution in [1.82, 2.24) is 10.3 Å². The lowest BCUT2D eigenvalue weighted by molar-refractivity contribution is -0.143. The molecule has 0 atom stereocenters. The minimum atomic E-state index is -4.74. The van der Waals surface area contributed by atoms with Crippen molar-refractivity contribution in [2.45, 2.75) is 25.6 Å². The van der Waals surface area contributed by atoms with Crippen molar-refractivity contribution >= 4 is 17.7 Å². The summed E-state index contributed by atoms with van der Waals surface area (Å²) in [6.07, 6.45) is -4.67. The van der Waals surface area contributed by atoms with Gasteiger partial charge in [-0.05, 0) is 45.2 Å². The van der Waals surface area contributed by atoms with E-state index < -0.39 is 35.1 Å². The fourth-order valence-electron chi connectivity index (χ4n) is 1.99. The fraction of sp³-hybridized carbons (Fsp3) is 0.263. The van der Waals surface area contributed by atoms with Crippen molar-refractivity contribution in [2.75, 3.05) is 12.4 Å². The number of likely N-dealkylation sites (N-methyl/N-ethyl adjacent to an activating group) is 1. The molecule has 0 aliphatic rings. The van der Waals surface area contributed by atoms with Gasteiger partial charge in [0.25, 0.3) is 0 Å². The van der Waals surface area contributed by atoms with Gasteiger partial charge >= 0.3 is 18.2 Å². The number of hydrogen-bond acceptors (Lipinski definition) is 7. The number of pyridine rings is 1. The van der Waals surface area contributed by atoms with Crippen LogP contribution in [-0.2, 0) is 15.7 Å². The van der Waals surface area contributed by atoms with Crippen LogP contribution in [0.1, 0.15) is 25.0 Å². The molecule has 30 heavy (non-hydrogen) atoms. The smallest absolute Gasteiger partial charge is 0.420 e. The van der Waals surface area contributed by atoms with Crippen LogP contribution in [0, 0.1) is 11.3 Å². The lowest BCUT2D eigenvalue weighted by Crippen LogP contribution is -2.46. The van der Waals surface area contributed by atoms with Crippen LogP contribution >= 0.6 is 0 Å². The Bertz CT molecular complexity index is 983. The lowest BCUT2D eigenvalue weighted by Gasteiger charge is -2.20. The number of amides is 1. The van der Waals surface area contributed by atoms with Crippen LogP contribution < -0.4 is 15.4 Å². The normalized spacial score (nSPS) is 11.4. The number of nitrogens with zero attached hydrogens (tertiary/aromatic N) is 2. The summed E-state index contributed by atoms with van der Waals surface area (Å²) in [5.74, 6) is -1.53. The highest BCUT2D eigenvalue weighted by molar-refractivity contribution is 5.95. The molecule has 11 heteroatoms. The molecule has 1 amide bonds. The van der Waals surface area contributed by atoms with E-state index in [0.717, 1.165) is 12.3 Å². The van der Waals surface area contributed by atoms with E-state index in [-0.39, 0.29) is 17.1 Å². The standard InChI is InChI=1S/C19H17F3N4O4/c1-18(2,24-3)16(27)30-17(28)26-12-5-7-15(25-10-12)29-14-6-4-11(9-23)8-13(14)19(20,21)22/h4-8,10,24H,1-3H3,(H,26,28). The number of esters is 1. The van der Waals surface area contributed by atoms with Crippen LogP contribution in [0.4, 0.5) is 23.7 Å². The van der Waals surface area contributed by atoms with Crippen molar-refractivity contribution in [1.29, 1.82) is 5.26 Å². The van der Waals surface area contributed by atoms with Gasteiger partial charge in [0.1, 0.15) is 11.3 Å². The highest BCUT2D eigenvalue weighted by atomic mass is 19.4. The first kappa shape index (κ1) is 22.6. The Morgan fingerprint density at radius 3 is 2.40 bits per heavy atom. The maximum Gasteiger partial charge on any atom is 0.420 e. The Hall–Kier alpha value is -3.65. The molecule has 1 heterocycles. The summed E-state index contributed by atoms with van der Waals surface area (Å²) in [5, 5.41) is 13.7. The van der Waals surface area contributed by atoms with E-state index >= 15 is 0 Å². The summed E-state index contributed by atoms with van der Waals surface area (Å²) in [6.45, 7) is 3.04. The average Bonchev–Trinajstić information content (AvgIpc) is 2.68. The monoisotopic (exact) mass is 422 g/mol. The largest absolute Gasteiger partial charge is 0.438 e. The summed E-state index contributed by atoms with van der Waals surface area (Å²) in [6, 6.07) is 7.01. The van der Waals surface area contributed by atoms with Crippen molar-refractivity contribution < 1.29 is 32.2 Å². The summed E-state index contributed by atoms with van der Waals surface area (Å²) in [7, 11) is 1.53. The van der Waals surface area contributed by atoms with E-state index in [1.165, 1.54) is 39.1 Å². The van der Waals surface area contributed by atoms with E-state index in [1.54, 1.807) is 6.07 Å². The zero-order valence-electron chi connectivity index (χ0n) is 16.1. The third-order valence-electron chi connectivity index (χ3n) is 3.93. The lowest BCUT2D eigenvalue weighted by atomic mass is 10.1. The topological polar surface area (TPSA) is 113 Å². The Labute approximate surface area is 169 Å². The molecule has 0 saturated heterocycles. The first-order valence-corrected chi connectivity index (χ1v) is 8.43. The highest BCUT2D eigenvalue weighted by Gasteiger charge is 2.35. The zero-order valence-corrected chi connectivity index (χ0v) is 16.1. The quantitative estimate of drug-likeness (QED) is 0.556. The first-order valence-electron chi connectivity index (χ1n) is 8.43. The van der Waals surface area contributed by atoms with Gasteiger partial charge < -0.3 is 14.8 Å². The van der Waals surface area contributed by atoms with Gasteiger partial charge in [-0.25, -0.2) is 14.6 Å². The Morgan fingerprint density at radius 2 is 1.87 bits per heavy atom. The molecular formula is C19H17F3N4O4. The number of hydrogen-bond donors (Lipinski definition) is 2. The SMILES string of the molecule is CNC(C)(C)C(=O)OC(=O)Nc1ccc(Oc2ccc(C#N)cc2C(F)(F)F)nc1. The molecule has 0 aliphatic carbocycles. The van der Waals surface area contributed by atoms with Gasteiger partial charge in [-0.3, -0.25) is 5.32 Å².